The summed E-state index contributed by atoms with van der Waals surface area (Å²) in [6, 6.07) is 18.4. The summed E-state index contributed by atoms with van der Waals surface area (Å²) in [5.41, 5.74) is 4.55. The Morgan fingerprint density at radius 1 is 1.02 bits per heavy atom. The fraction of sp³-hybridized carbons (Fsp3) is 0.324. The van der Waals surface area contributed by atoms with Gasteiger partial charge in [-0.3, -0.25) is 19.5 Å². The second kappa shape index (κ2) is 11.1. The highest BCUT2D eigenvalue weighted by atomic mass is 16.6. The highest BCUT2D eigenvalue weighted by molar-refractivity contribution is 6.21. The molecule has 2 aromatic heterocycles. The van der Waals surface area contributed by atoms with E-state index >= 15 is 0 Å². The number of allylic oxidation sites excluding steroid dienone is 1. The van der Waals surface area contributed by atoms with Crippen LogP contribution in [0.4, 0.5) is 4.79 Å². The Kier molecular flexibility index (Phi) is 7.33. The Morgan fingerprint density at radius 2 is 1.72 bits per heavy atom. The van der Waals surface area contributed by atoms with Crippen molar-refractivity contribution in [2.45, 2.75) is 65.1 Å². The molecule has 0 saturated heterocycles. The molecule has 0 bridgehead atoms. The molecule has 1 unspecified atom stereocenters. The lowest BCUT2D eigenvalue weighted by atomic mass is 9.90. The van der Waals surface area contributed by atoms with Crippen molar-refractivity contribution in [1.29, 1.82) is 0 Å². The summed E-state index contributed by atoms with van der Waals surface area (Å²) in [6.07, 6.45) is 6.00. The zero-order valence-corrected chi connectivity index (χ0v) is 24.9. The lowest BCUT2D eigenvalue weighted by Crippen LogP contribution is -2.34. The molecule has 6 rings (SSSR count). The van der Waals surface area contributed by atoms with Crippen LogP contribution in [0.1, 0.15) is 84.4 Å². The van der Waals surface area contributed by atoms with Crippen LogP contribution in [0, 0.1) is 0 Å². The van der Waals surface area contributed by atoms with Gasteiger partial charge >= 0.3 is 6.09 Å². The molecule has 3 heterocycles. The fourth-order valence-corrected chi connectivity index (χ4v) is 5.96. The number of hydrogen-bond acceptors (Lipinski definition) is 7. The van der Waals surface area contributed by atoms with Crippen LogP contribution < -0.4 is 0 Å². The third-order valence-electron chi connectivity index (χ3n) is 7.96. The van der Waals surface area contributed by atoms with Crippen molar-refractivity contribution in [1.82, 2.24) is 24.3 Å². The molecule has 43 heavy (non-hydrogen) atoms. The van der Waals surface area contributed by atoms with Crippen molar-refractivity contribution < 1.29 is 19.1 Å². The highest BCUT2D eigenvalue weighted by Crippen LogP contribution is 2.36. The average Bonchev–Trinajstić information content (AvgIpc) is 3.47. The maximum absolute atomic E-state index is 13.5. The molecule has 220 valence electrons. The van der Waals surface area contributed by atoms with Crippen molar-refractivity contribution in [2.75, 3.05) is 6.54 Å². The van der Waals surface area contributed by atoms with Crippen molar-refractivity contribution in [3.05, 3.63) is 107 Å². The SMILES string of the molecule is CC(=CCN1C(=O)c2ccccc2C1=O)N(Cc1nc2ccccc2n1C(=O)OC(C)(C)C)C1CCCc2cccnc21. The van der Waals surface area contributed by atoms with E-state index in [1.54, 1.807) is 28.8 Å². The highest BCUT2D eigenvalue weighted by Gasteiger charge is 2.35. The number of imide groups is 1. The second-order valence-corrected chi connectivity index (χ2v) is 12.0. The van der Waals surface area contributed by atoms with Gasteiger partial charge in [-0.15, -0.1) is 0 Å². The van der Waals surface area contributed by atoms with E-state index in [0.29, 0.717) is 34.5 Å². The zero-order chi connectivity index (χ0) is 30.3. The monoisotopic (exact) mass is 577 g/mol. The smallest absolute Gasteiger partial charge is 0.420 e. The van der Waals surface area contributed by atoms with Crippen LogP contribution in [-0.2, 0) is 17.7 Å². The normalized spacial score (nSPS) is 16.8. The molecule has 0 radical (unpaired) electrons. The van der Waals surface area contributed by atoms with Crippen LogP contribution in [0.15, 0.2) is 78.6 Å². The second-order valence-electron chi connectivity index (χ2n) is 12.0. The summed E-state index contributed by atoms with van der Waals surface area (Å²) in [5.74, 6) is -0.0628. The lowest BCUT2D eigenvalue weighted by Gasteiger charge is -2.37. The van der Waals surface area contributed by atoms with Crippen LogP contribution in [-0.4, -0.2) is 54.4 Å². The van der Waals surface area contributed by atoms with E-state index in [9.17, 15) is 14.4 Å². The minimum atomic E-state index is -0.687. The maximum Gasteiger partial charge on any atom is 0.420 e. The maximum atomic E-state index is 13.5. The van der Waals surface area contributed by atoms with Crippen molar-refractivity contribution in [3.8, 4) is 0 Å². The van der Waals surface area contributed by atoms with E-state index in [1.807, 2.05) is 70.3 Å². The number of hydrogen-bond donors (Lipinski definition) is 0. The van der Waals surface area contributed by atoms with Crippen LogP contribution in [0.2, 0.25) is 0 Å². The average molecular weight is 578 g/mol. The van der Waals surface area contributed by atoms with Gasteiger partial charge in [-0.05, 0) is 88.9 Å². The van der Waals surface area contributed by atoms with Crippen LogP contribution in [0.3, 0.4) is 0 Å². The number of aromatic nitrogens is 3. The molecule has 4 aromatic rings. The number of fused-ring (bicyclic) bond motifs is 3. The Labute approximate surface area is 250 Å². The molecule has 0 fully saturated rings. The molecule has 0 saturated carbocycles. The summed E-state index contributed by atoms with van der Waals surface area (Å²) < 4.78 is 7.35. The van der Waals surface area contributed by atoms with Crippen molar-refractivity contribution >= 4 is 28.9 Å². The van der Waals surface area contributed by atoms with Crippen LogP contribution in [0.5, 0.6) is 0 Å². The standard InChI is InChI=1S/C34H35N5O4/c1-22(18-20-37-31(40)24-13-5-6-14-25(24)32(37)41)38(28-17-9-11-23-12-10-19-35-30(23)28)21-29-36-26-15-7-8-16-27(26)39(29)33(42)43-34(2,3)4/h5-8,10,12-16,18-19,28H,9,11,17,20-21H2,1-4H3. The first-order chi connectivity index (χ1) is 20.6. The Morgan fingerprint density at radius 3 is 2.44 bits per heavy atom. The number of aryl methyl sites for hydroxylation is 1. The zero-order valence-electron chi connectivity index (χ0n) is 24.9. The van der Waals surface area contributed by atoms with Crippen LogP contribution in [0.25, 0.3) is 11.0 Å². The largest absolute Gasteiger partial charge is 0.443 e. The molecule has 2 aromatic carbocycles. The van der Waals surface area contributed by atoms with Gasteiger partial charge in [0.2, 0.25) is 0 Å². The minimum Gasteiger partial charge on any atom is -0.443 e. The van der Waals surface area contributed by atoms with E-state index in [0.717, 1.165) is 30.7 Å². The predicted octanol–water partition coefficient (Wildman–Crippen LogP) is 6.29. The number of carbonyl (C=O) groups is 3. The van der Waals surface area contributed by atoms with Crippen LogP contribution >= 0.6 is 0 Å². The number of imidazole rings is 1. The number of pyridine rings is 1. The van der Waals surface area contributed by atoms with Gasteiger partial charge in [-0.2, -0.15) is 0 Å². The number of carbonyl (C=O) groups excluding carboxylic acids is 3. The first kappa shape index (κ1) is 28.3. The first-order valence-corrected chi connectivity index (χ1v) is 14.6. The van der Waals surface area contributed by atoms with E-state index < -0.39 is 11.7 Å². The summed E-state index contributed by atoms with van der Waals surface area (Å²) >= 11 is 0. The van der Waals surface area contributed by atoms with Gasteiger partial charge in [-0.1, -0.05) is 30.3 Å². The van der Waals surface area contributed by atoms with Gasteiger partial charge in [0.05, 0.1) is 40.4 Å². The van der Waals surface area contributed by atoms with Gasteiger partial charge in [0.1, 0.15) is 11.4 Å². The van der Waals surface area contributed by atoms with E-state index in [1.165, 1.54) is 10.5 Å². The number of benzene rings is 2. The summed E-state index contributed by atoms with van der Waals surface area (Å²) in [5, 5.41) is 0. The number of ether oxygens (including phenoxy) is 1. The minimum absolute atomic E-state index is 0.0877. The van der Waals surface area contributed by atoms with Gasteiger partial charge in [0.15, 0.2) is 0 Å². The topological polar surface area (TPSA) is 97.6 Å². The molecular formula is C34H35N5O4. The molecule has 9 heteroatoms. The third-order valence-corrected chi connectivity index (χ3v) is 7.96. The molecule has 1 atom stereocenters. The number of para-hydroxylation sites is 2. The Hall–Kier alpha value is -4.79. The molecule has 1 aliphatic heterocycles. The van der Waals surface area contributed by atoms with Crippen molar-refractivity contribution in [3.63, 3.8) is 0 Å². The van der Waals surface area contributed by atoms with E-state index in [4.69, 9.17) is 14.7 Å². The first-order valence-electron chi connectivity index (χ1n) is 14.6. The molecule has 2 amide bonds. The summed E-state index contributed by atoms with van der Waals surface area (Å²) in [4.78, 5) is 52.8. The van der Waals surface area contributed by atoms with Gasteiger partial charge in [-0.25, -0.2) is 14.3 Å². The molecule has 2 aliphatic rings. The quantitative estimate of drug-likeness (QED) is 0.248. The van der Waals surface area contributed by atoms with E-state index in [2.05, 4.69) is 11.0 Å². The number of nitrogens with zero attached hydrogens (tertiary/aromatic N) is 5. The molecule has 0 N–H and O–H groups in total. The summed E-state index contributed by atoms with van der Waals surface area (Å²) in [6.45, 7) is 7.90. The Bertz CT molecular complexity index is 1730. The van der Waals surface area contributed by atoms with Gasteiger partial charge in [0.25, 0.3) is 11.8 Å². The van der Waals surface area contributed by atoms with Crippen molar-refractivity contribution in [2.24, 2.45) is 0 Å². The lowest BCUT2D eigenvalue weighted by molar-refractivity contribution is 0.0531. The third kappa shape index (κ3) is 5.43. The van der Waals surface area contributed by atoms with E-state index in [-0.39, 0.29) is 24.4 Å². The molecular weight excluding hydrogens is 542 g/mol. The molecule has 0 spiro atoms. The molecule has 1 aliphatic carbocycles. The Balaban J connectivity index is 1.39. The molecule has 9 nitrogen and oxygen atoms in total. The van der Waals surface area contributed by atoms with Gasteiger partial charge < -0.3 is 9.64 Å². The predicted molar refractivity (Wildman–Crippen MR) is 162 cm³/mol. The van der Waals surface area contributed by atoms with Gasteiger partial charge in [0, 0.05) is 18.4 Å². The number of rotatable bonds is 6. The fourth-order valence-electron chi connectivity index (χ4n) is 5.96. The number of amides is 2. The summed E-state index contributed by atoms with van der Waals surface area (Å²) in [7, 11) is 0.